The zero-order chi connectivity index (χ0) is 28.6. The summed E-state index contributed by atoms with van der Waals surface area (Å²) in [7, 11) is -4.18. The lowest BCUT2D eigenvalue weighted by Gasteiger charge is -2.32. The molecule has 0 aromatic heterocycles. The maximum atomic E-state index is 13.8. The normalized spacial score (nSPS) is 12.0. The number of amides is 2. The summed E-state index contributed by atoms with van der Waals surface area (Å²) in [5.41, 5.74) is 1.55. The maximum absolute atomic E-state index is 13.8. The summed E-state index contributed by atoms with van der Waals surface area (Å²) in [6, 6.07) is 17.2. The molecule has 0 aliphatic heterocycles. The van der Waals surface area contributed by atoms with Crippen LogP contribution in [0.5, 0.6) is 0 Å². The molecule has 0 spiro atoms. The lowest BCUT2D eigenvalue weighted by molar-refractivity contribution is -0.139. The Morgan fingerprint density at radius 2 is 1.69 bits per heavy atom. The first kappa shape index (κ1) is 30.1. The molecule has 39 heavy (non-hydrogen) atoms. The van der Waals surface area contributed by atoms with Crippen molar-refractivity contribution in [2.75, 3.05) is 17.4 Å². The highest BCUT2D eigenvalue weighted by Gasteiger charge is 2.32. The third kappa shape index (κ3) is 7.80. The van der Waals surface area contributed by atoms with Gasteiger partial charge in [0.2, 0.25) is 11.8 Å². The average Bonchev–Trinajstić information content (AvgIpc) is 2.93. The molecule has 0 bridgehead atoms. The van der Waals surface area contributed by atoms with Crippen LogP contribution < -0.4 is 9.62 Å². The van der Waals surface area contributed by atoms with Crippen molar-refractivity contribution in [1.29, 1.82) is 0 Å². The van der Waals surface area contributed by atoms with Crippen molar-refractivity contribution in [3.63, 3.8) is 0 Å². The Kier molecular flexibility index (Phi) is 10.5. The van der Waals surface area contributed by atoms with E-state index in [0.29, 0.717) is 17.1 Å². The Labute approximate surface area is 234 Å². The summed E-state index contributed by atoms with van der Waals surface area (Å²) in [4.78, 5) is 28.1. The SMILES string of the molecule is CCCCNC(=O)[C@H](C)N(Cc1ccc(F)cc1)C(=O)CN(c1ccc(C)c(Cl)c1)S(=O)(=O)c1ccccc1. The number of aryl methyl sites for hydroxylation is 1. The molecule has 0 saturated heterocycles. The molecule has 0 heterocycles. The van der Waals surface area contributed by atoms with Crippen molar-refractivity contribution in [2.45, 2.75) is 51.1 Å². The minimum atomic E-state index is -4.18. The number of halogens is 2. The molecule has 3 aromatic rings. The van der Waals surface area contributed by atoms with E-state index in [-0.39, 0.29) is 23.0 Å². The van der Waals surface area contributed by atoms with Crippen LogP contribution in [0.4, 0.5) is 10.1 Å². The van der Waals surface area contributed by atoms with Crippen LogP contribution in [0.3, 0.4) is 0 Å². The van der Waals surface area contributed by atoms with Gasteiger partial charge in [0.05, 0.1) is 10.6 Å². The standard InChI is InChI=1S/C29H33ClFN3O4S/c1-4-5-17-32-29(36)22(3)33(19-23-12-14-24(31)15-13-23)28(35)20-34(25-16-11-21(2)27(30)18-25)39(37,38)26-9-7-6-8-10-26/h6-16,18,22H,4-5,17,19-20H2,1-3H3,(H,32,36)/t22-/m0/s1. The Morgan fingerprint density at radius 1 is 1.03 bits per heavy atom. The summed E-state index contributed by atoms with van der Waals surface area (Å²) in [5.74, 6) is -1.40. The quantitative estimate of drug-likeness (QED) is 0.297. The van der Waals surface area contributed by atoms with E-state index in [9.17, 15) is 22.4 Å². The van der Waals surface area contributed by atoms with Gasteiger partial charge in [-0.3, -0.25) is 13.9 Å². The second-order valence-corrected chi connectivity index (χ2v) is 11.5. The van der Waals surface area contributed by atoms with Crippen LogP contribution in [-0.4, -0.2) is 44.3 Å². The first-order chi connectivity index (χ1) is 18.5. The molecule has 0 fully saturated rings. The maximum Gasteiger partial charge on any atom is 0.264 e. The minimum Gasteiger partial charge on any atom is -0.354 e. The number of nitrogens with one attached hydrogen (secondary N) is 1. The van der Waals surface area contributed by atoms with Gasteiger partial charge in [0, 0.05) is 18.1 Å². The molecule has 208 valence electrons. The molecule has 3 aromatic carbocycles. The minimum absolute atomic E-state index is 0.00457. The molecule has 1 N–H and O–H groups in total. The van der Waals surface area contributed by atoms with Crippen molar-refractivity contribution in [3.8, 4) is 0 Å². The molecular weight excluding hydrogens is 541 g/mol. The lowest BCUT2D eigenvalue weighted by Crippen LogP contribution is -2.51. The van der Waals surface area contributed by atoms with E-state index in [2.05, 4.69) is 5.32 Å². The van der Waals surface area contributed by atoms with Gasteiger partial charge in [0.15, 0.2) is 0 Å². The second-order valence-electron chi connectivity index (χ2n) is 9.23. The van der Waals surface area contributed by atoms with Gasteiger partial charge in [-0.05, 0) is 67.8 Å². The van der Waals surface area contributed by atoms with Gasteiger partial charge >= 0.3 is 0 Å². The topological polar surface area (TPSA) is 86.8 Å². The molecule has 10 heteroatoms. The number of anilines is 1. The predicted molar refractivity (Wildman–Crippen MR) is 151 cm³/mol. The van der Waals surface area contributed by atoms with Crippen LogP contribution in [0.2, 0.25) is 5.02 Å². The Morgan fingerprint density at radius 3 is 2.31 bits per heavy atom. The van der Waals surface area contributed by atoms with Gasteiger partial charge in [0.1, 0.15) is 18.4 Å². The van der Waals surface area contributed by atoms with Gasteiger partial charge in [-0.2, -0.15) is 0 Å². The molecule has 1 atom stereocenters. The van der Waals surface area contributed by atoms with Gasteiger partial charge in [0.25, 0.3) is 10.0 Å². The van der Waals surface area contributed by atoms with Crippen molar-refractivity contribution >= 4 is 39.1 Å². The number of hydrogen-bond donors (Lipinski definition) is 1. The molecule has 0 saturated carbocycles. The lowest BCUT2D eigenvalue weighted by atomic mass is 10.1. The van der Waals surface area contributed by atoms with Crippen molar-refractivity contribution in [3.05, 3.63) is 94.8 Å². The molecule has 0 aliphatic rings. The van der Waals surface area contributed by atoms with E-state index in [1.807, 2.05) is 6.92 Å². The fourth-order valence-electron chi connectivity index (χ4n) is 3.89. The molecule has 3 rings (SSSR count). The van der Waals surface area contributed by atoms with Crippen LogP contribution >= 0.6 is 11.6 Å². The van der Waals surface area contributed by atoms with Crippen molar-refractivity contribution < 1.29 is 22.4 Å². The van der Waals surface area contributed by atoms with Gasteiger partial charge in [-0.1, -0.05) is 61.3 Å². The van der Waals surface area contributed by atoms with Crippen molar-refractivity contribution in [2.24, 2.45) is 0 Å². The summed E-state index contributed by atoms with van der Waals surface area (Å²) in [6.45, 7) is 5.23. The fourth-order valence-corrected chi connectivity index (χ4v) is 5.49. The number of nitrogens with zero attached hydrogens (tertiary/aromatic N) is 2. The first-order valence-electron chi connectivity index (χ1n) is 12.7. The van der Waals surface area contributed by atoms with Crippen LogP contribution in [0, 0.1) is 12.7 Å². The molecule has 0 radical (unpaired) electrons. The third-order valence-electron chi connectivity index (χ3n) is 6.32. The largest absolute Gasteiger partial charge is 0.354 e. The van der Waals surface area contributed by atoms with E-state index in [0.717, 1.165) is 22.7 Å². The van der Waals surface area contributed by atoms with Crippen molar-refractivity contribution in [1.82, 2.24) is 10.2 Å². The smallest absolute Gasteiger partial charge is 0.264 e. The number of carbonyl (C=O) groups excluding carboxylic acids is 2. The number of unbranched alkanes of at least 4 members (excludes halogenated alkanes) is 1. The molecule has 0 unspecified atom stereocenters. The summed E-state index contributed by atoms with van der Waals surface area (Å²) in [5, 5.41) is 3.17. The number of benzene rings is 3. The number of sulfonamides is 1. The highest BCUT2D eigenvalue weighted by Crippen LogP contribution is 2.28. The summed E-state index contributed by atoms with van der Waals surface area (Å²) < 4.78 is 42.0. The van der Waals surface area contributed by atoms with Gasteiger partial charge in [-0.25, -0.2) is 12.8 Å². The van der Waals surface area contributed by atoms with E-state index >= 15 is 0 Å². The van der Waals surface area contributed by atoms with Crippen LogP contribution in [0.1, 0.15) is 37.8 Å². The molecule has 2 amide bonds. The molecule has 0 aliphatic carbocycles. The Bertz CT molecular complexity index is 1390. The molecule has 7 nitrogen and oxygen atoms in total. The number of rotatable bonds is 12. The number of carbonyl (C=O) groups is 2. The highest BCUT2D eigenvalue weighted by atomic mass is 35.5. The van der Waals surface area contributed by atoms with Gasteiger partial charge in [-0.15, -0.1) is 0 Å². The first-order valence-corrected chi connectivity index (χ1v) is 14.5. The third-order valence-corrected chi connectivity index (χ3v) is 8.51. The van der Waals surface area contributed by atoms with Crippen LogP contribution in [0.15, 0.2) is 77.7 Å². The van der Waals surface area contributed by atoms with E-state index in [1.54, 1.807) is 44.2 Å². The average molecular weight is 574 g/mol. The highest BCUT2D eigenvalue weighted by molar-refractivity contribution is 7.92. The second kappa shape index (κ2) is 13.6. The Balaban J connectivity index is 2.00. The van der Waals surface area contributed by atoms with E-state index in [4.69, 9.17) is 11.6 Å². The van der Waals surface area contributed by atoms with Gasteiger partial charge < -0.3 is 10.2 Å². The molecular formula is C29H33ClFN3O4S. The zero-order valence-electron chi connectivity index (χ0n) is 22.2. The van der Waals surface area contributed by atoms with Crippen LogP contribution in [0.25, 0.3) is 0 Å². The van der Waals surface area contributed by atoms with E-state index < -0.39 is 34.3 Å². The fraction of sp³-hybridized carbons (Fsp3) is 0.310. The summed E-state index contributed by atoms with van der Waals surface area (Å²) >= 11 is 6.33. The number of hydrogen-bond acceptors (Lipinski definition) is 4. The Hall–Kier alpha value is -3.43. The zero-order valence-corrected chi connectivity index (χ0v) is 23.8. The predicted octanol–water partition coefficient (Wildman–Crippen LogP) is 5.32. The monoisotopic (exact) mass is 573 g/mol. The van der Waals surface area contributed by atoms with Crippen LogP contribution in [-0.2, 0) is 26.2 Å². The summed E-state index contributed by atoms with van der Waals surface area (Å²) in [6.07, 6.45) is 1.67. The van der Waals surface area contributed by atoms with E-state index in [1.165, 1.54) is 47.4 Å².